The zero-order valence-electron chi connectivity index (χ0n) is 18.1. The summed E-state index contributed by atoms with van der Waals surface area (Å²) >= 11 is 0. The average Bonchev–Trinajstić information content (AvgIpc) is 3.48. The average molecular weight is 393 g/mol. The molecule has 0 aliphatic heterocycles. The van der Waals surface area contributed by atoms with Gasteiger partial charge in [0.25, 0.3) is 0 Å². The van der Waals surface area contributed by atoms with E-state index in [1.165, 1.54) is 43.2 Å². The smallest absolute Gasteiger partial charge is 0.130 e. The van der Waals surface area contributed by atoms with Crippen molar-refractivity contribution in [1.29, 1.82) is 0 Å². The van der Waals surface area contributed by atoms with Crippen molar-refractivity contribution in [1.82, 2.24) is 0 Å². The molecule has 2 aliphatic rings. The molecule has 1 saturated carbocycles. The lowest BCUT2D eigenvalue weighted by atomic mass is 9.77. The van der Waals surface area contributed by atoms with Crippen LogP contribution < -0.4 is 14.2 Å². The first-order valence-corrected chi connectivity index (χ1v) is 10.8. The first kappa shape index (κ1) is 19.9. The first-order valence-electron chi connectivity index (χ1n) is 10.8. The molecule has 0 saturated heterocycles. The minimum Gasteiger partial charge on any atom is -0.496 e. The summed E-state index contributed by atoms with van der Waals surface area (Å²) in [5.41, 5.74) is 5.45. The van der Waals surface area contributed by atoms with Gasteiger partial charge in [0, 0.05) is 17.5 Å². The summed E-state index contributed by atoms with van der Waals surface area (Å²) in [6.45, 7) is 2.29. The Balaban J connectivity index is 1.90. The molecule has 3 nitrogen and oxygen atoms in total. The molecule has 3 heteroatoms. The maximum absolute atomic E-state index is 5.89. The van der Waals surface area contributed by atoms with Gasteiger partial charge in [-0.1, -0.05) is 56.5 Å². The topological polar surface area (TPSA) is 27.7 Å². The van der Waals surface area contributed by atoms with Crippen molar-refractivity contribution in [3.05, 3.63) is 59.2 Å². The Morgan fingerprint density at radius 1 is 0.862 bits per heavy atom. The van der Waals surface area contributed by atoms with Crippen LogP contribution in [0.3, 0.4) is 0 Å². The highest BCUT2D eigenvalue weighted by molar-refractivity contribution is 5.98. The van der Waals surface area contributed by atoms with Crippen molar-refractivity contribution in [3.63, 3.8) is 0 Å². The monoisotopic (exact) mass is 392 g/mol. The fourth-order valence-electron chi connectivity index (χ4n) is 5.52. The molecule has 0 bridgehead atoms. The second kappa shape index (κ2) is 8.14. The van der Waals surface area contributed by atoms with Gasteiger partial charge in [-0.05, 0) is 41.9 Å². The summed E-state index contributed by atoms with van der Waals surface area (Å²) in [5.74, 6) is 3.11. The zero-order valence-corrected chi connectivity index (χ0v) is 18.1. The van der Waals surface area contributed by atoms with Gasteiger partial charge in [0.2, 0.25) is 0 Å². The van der Waals surface area contributed by atoms with E-state index in [-0.39, 0.29) is 5.41 Å². The van der Waals surface area contributed by atoms with Crippen LogP contribution in [0.1, 0.15) is 56.6 Å². The minimum atomic E-state index is -0.119. The maximum atomic E-state index is 5.89. The summed E-state index contributed by atoms with van der Waals surface area (Å²) in [6, 6.07) is 14.9. The summed E-state index contributed by atoms with van der Waals surface area (Å²) < 4.78 is 17.3. The van der Waals surface area contributed by atoms with Gasteiger partial charge in [-0.2, -0.15) is 0 Å². The van der Waals surface area contributed by atoms with Crippen LogP contribution in [0.15, 0.2) is 48.0 Å². The van der Waals surface area contributed by atoms with Crippen LogP contribution in [-0.2, 0) is 5.41 Å². The highest BCUT2D eigenvalue weighted by Crippen LogP contribution is 2.69. The normalized spacial score (nSPS) is 21.8. The van der Waals surface area contributed by atoms with E-state index < -0.39 is 0 Å². The molecule has 2 aliphatic carbocycles. The molecule has 0 amide bonds. The van der Waals surface area contributed by atoms with Crippen molar-refractivity contribution in [2.75, 3.05) is 21.3 Å². The van der Waals surface area contributed by atoms with Crippen molar-refractivity contribution in [2.24, 2.45) is 5.92 Å². The van der Waals surface area contributed by atoms with E-state index in [9.17, 15) is 0 Å². The van der Waals surface area contributed by atoms with Crippen LogP contribution in [0.2, 0.25) is 0 Å². The van der Waals surface area contributed by atoms with Crippen molar-refractivity contribution >= 4 is 5.57 Å². The molecule has 154 valence electrons. The Labute approximate surface area is 174 Å². The Morgan fingerprint density at radius 3 is 2.00 bits per heavy atom. The number of allylic oxidation sites excluding steroid dienone is 2. The third-order valence-corrected chi connectivity index (χ3v) is 6.84. The van der Waals surface area contributed by atoms with E-state index in [0.29, 0.717) is 5.92 Å². The van der Waals surface area contributed by atoms with Gasteiger partial charge < -0.3 is 14.2 Å². The lowest BCUT2D eigenvalue weighted by molar-refractivity contribution is 0.356. The van der Waals surface area contributed by atoms with Gasteiger partial charge in [-0.15, -0.1) is 0 Å². The highest BCUT2D eigenvalue weighted by Gasteiger charge is 2.58. The lowest BCUT2D eigenvalue weighted by Gasteiger charge is -2.28. The number of methoxy groups -OCH3 is 3. The third kappa shape index (κ3) is 3.21. The van der Waals surface area contributed by atoms with Crippen LogP contribution in [0.4, 0.5) is 0 Å². The predicted octanol–water partition coefficient (Wildman–Crippen LogP) is 6.41. The molecular weight excluding hydrogens is 360 g/mol. The van der Waals surface area contributed by atoms with Crippen LogP contribution in [0.5, 0.6) is 17.2 Å². The quantitative estimate of drug-likeness (QED) is 0.545. The van der Waals surface area contributed by atoms with E-state index in [4.69, 9.17) is 14.2 Å². The second-order valence-electron chi connectivity index (χ2n) is 8.16. The van der Waals surface area contributed by atoms with Crippen LogP contribution in [-0.4, -0.2) is 21.3 Å². The fraction of sp³-hybridized carbons (Fsp3) is 0.462. The van der Waals surface area contributed by atoms with Gasteiger partial charge in [0.15, 0.2) is 0 Å². The van der Waals surface area contributed by atoms with Crippen LogP contribution >= 0.6 is 0 Å². The molecule has 0 radical (unpaired) electrons. The standard InChI is InChI=1S/C26H32O3/c1-5-26(25-21(28-3)16-20(27-2)17-22(25)29-4)23(18-12-8-6-9-13-18)24(26)19-14-10-7-11-15-19/h6,8-9,12-13,16-17,19H,5,7,10-11,14-15H2,1-4H3. The van der Waals surface area contributed by atoms with Crippen molar-refractivity contribution in [3.8, 4) is 17.2 Å². The molecule has 0 N–H and O–H groups in total. The highest BCUT2D eigenvalue weighted by atomic mass is 16.5. The van der Waals surface area contributed by atoms with Gasteiger partial charge in [0.1, 0.15) is 17.2 Å². The van der Waals surface area contributed by atoms with Gasteiger partial charge in [-0.25, -0.2) is 0 Å². The summed E-state index contributed by atoms with van der Waals surface area (Å²) in [5, 5.41) is 0. The summed E-state index contributed by atoms with van der Waals surface area (Å²) in [7, 11) is 5.17. The molecular formula is C26H32O3. The van der Waals surface area contributed by atoms with Gasteiger partial charge >= 0.3 is 0 Å². The van der Waals surface area contributed by atoms with Crippen LogP contribution in [0, 0.1) is 5.92 Å². The van der Waals surface area contributed by atoms with E-state index in [1.54, 1.807) is 26.9 Å². The number of hydrogen-bond acceptors (Lipinski definition) is 3. The predicted molar refractivity (Wildman–Crippen MR) is 118 cm³/mol. The number of benzene rings is 2. The molecule has 29 heavy (non-hydrogen) atoms. The second-order valence-corrected chi connectivity index (χ2v) is 8.16. The Morgan fingerprint density at radius 2 is 1.48 bits per heavy atom. The van der Waals surface area contributed by atoms with E-state index in [2.05, 4.69) is 37.3 Å². The summed E-state index contributed by atoms with van der Waals surface area (Å²) in [4.78, 5) is 0. The van der Waals surface area contributed by atoms with Gasteiger partial charge in [-0.3, -0.25) is 0 Å². The van der Waals surface area contributed by atoms with Crippen molar-refractivity contribution < 1.29 is 14.2 Å². The molecule has 1 atom stereocenters. The Hall–Kier alpha value is -2.42. The molecule has 2 aromatic rings. The molecule has 1 fully saturated rings. The van der Waals surface area contributed by atoms with Crippen LogP contribution in [0.25, 0.3) is 5.57 Å². The molecule has 0 aromatic heterocycles. The maximum Gasteiger partial charge on any atom is 0.130 e. The molecule has 2 aromatic carbocycles. The Bertz CT molecular complexity index is 868. The number of hydrogen-bond donors (Lipinski definition) is 0. The van der Waals surface area contributed by atoms with E-state index in [1.807, 2.05) is 12.1 Å². The molecule has 4 rings (SSSR count). The Kier molecular flexibility index (Phi) is 5.58. The lowest BCUT2D eigenvalue weighted by Crippen LogP contribution is -2.19. The van der Waals surface area contributed by atoms with E-state index in [0.717, 1.165) is 29.2 Å². The third-order valence-electron chi connectivity index (χ3n) is 6.84. The number of ether oxygens (including phenoxy) is 3. The van der Waals surface area contributed by atoms with E-state index >= 15 is 0 Å². The SMILES string of the molecule is CCC1(c2c(OC)cc(OC)cc2OC)C(c2ccccc2)=C1C1CCCCC1. The molecule has 0 spiro atoms. The largest absolute Gasteiger partial charge is 0.496 e. The molecule has 0 heterocycles. The first-order chi connectivity index (χ1) is 14.2. The minimum absolute atomic E-state index is 0.119. The zero-order chi connectivity index (χ0) is 20.4. The fourth-order valence-corrected chi connectivity index (χ4v) is 5.52. The summed E-state index contributed by atoms with van der Waals surface area (Å²) in [6.07, 6.45) is 7.59. The van der Waals surface area contributed by atoms with Crippen molar-refractivity contribution in [2.45, 2.75) is 50.9 Å². The molecule has 1 unspecified atom stereocenters. The van der Waals surface area contributed by atoms with Gasteiger partial charge in [0.05, 0.1) is 26.9 Å². The number of rotatable bonds is 7.